The van der Waals surface area contributed by atoms with Gasteiger partial charge >= 0.3 is 0 Å². The molecule has 1 aliphatic carbocycles. The van der Waals surface area contributed by atoms with E-state index in [2.05, 4.69) is 5.32 Å². The van der Waals surface area contributed by atoms with Crippen LogP contribution in [0.1, 0.15) is 24.8 Å². The van der Waals surface area contributed by atoms with Crippen LogP contribution in [0.3, 0.4) is 0 Å². The second-order valence-corrected chi connectivity index (χ2v) is 4.86. The number of benzene rings is 1. The lowest BCUT2D eigenvalue weighted by Crippen LogP contribution is -2.52. The van der Waals surface area contributed by atoms with Crippen molar-refractivity contribution in [2.45, 2.75) is 30.9 Å². The number of rotatable bonds is 2. The van der Waals surface area contributed by atoms with Crippen LogP contribution in [-0.4, -0.2) is 24.0 Å². The van der Waals surface area contributed by atoms with Gasteiger partial charge in [-0.2, -0.15) is 0 Å². The van der Waals surface area contributed by atoms with Gasteiger partial charge < -0.3 is 10.4 Å². The highest BCUT2D eigenvalue weighted by Crippen LogP contribution is 2.37. The van der Waals surface area contributed by atoms with Crippen LogP contribution in [0.5, 0.6) is 0 Å². The lowest BCUT2D eigenvalue weighted by molar-refractivity contribution is -0.130. The monoisotopic (exact) mass is 253 g/mol. The van der Waals surface area contributed by atoms with Crippen molar-refractivity contribution in [3.8, 4) is 0 Å². The van der Waals surface area contributed by atoms with E-state index < -0.39 is 11.6 Å². The average Bonchev–Trinajstić information content (AvgIpc) is 2.33. The molecule has 2 atom stereocenters. The van der Waals surface area contributed by atoms with Crippen LogP contribution < -0.4 is 5.32 Å². The van der Waals surface area contributed by atoms with Crippen LogP contribution in [0.4, 0.5) is 0 Å². The Labute approximate surface area is 106 Å². The zero-order valence-corrected chi connectivity index (χ0v) is 10.5. The fourth-order valence-electron chi connectivity index (χ4n) is 2.52. The van der Waals surface area contributed by atoms with Gasteiger partial charge in [-0.05, 0) is 25.1 Å². The van der Waals surface area contributed by atoms with Gasteiger partial charge in [-0.1, -0.05) is 29.8 Å². The van der Waals surface area contributed by atoms with E-state index in [0.29, 0.717) is 24.3 Å². The van der Waals surface area contributed by atoms with Crippen LogP contribution in [0, 0.1) is 0 Å². The molecule has 1 saturated carbocycles. The van der Waals surface area contributed by atoms with Gasteiger partial charge in [-0.3, -0.25) is 4.79 Å². The number of likely N-dealkylation sites (N-methyl/N-ethyl adjacent to an activating group) is 1. The fourth-order valence-corrected chi connectivity index (χ4v) is 2.82. The number of aliphatic hydroxyl groups is 1. The van der Waals surface area contributed by atoms with Gasteiger partial charge in [0.2, 0.25) is 0 Å². The minimum atomic E-state index is -0.837. The van der Waals surface area contributed by atoms with Gasteiger partial charge in [-0.15, -0.1) is 0 Å². The van der Waals surface area contributed by atoms with Crippen LogP contribution in [0.15, 0.2) is 24.3 Å². The Morgan fingerprint density at radius 1 is 1.47 bits per heavy atom. The Kier molecular flexibility index (Phi) is 3.52. The number of hydrogen-bond donors (Lipinski definition) is 2. The van der Waals surface area contributed by atoms with Crippen molar-refractivity contribution in [3.05, 3.63) is 34.9 Å². The summed E-state index contributed by atoms with van der Waals surface area (Å²) >= 11 is 6.17. The lowest BCUT2D eigenvalue weighted by atomic mass is 9.74. The van der Waals surface area contributed by atoms with E-state index in [1.807, 2.05) is 18.2 Å². The van der Waals surface area contributed by atoms with Crippen molar-refractivity contribution in [2.75, 3.05) is 7.05 Å². The summed E-state index contributed by atoms with van der Waals surface area (Å²) < 4.78 is 0. The number of carbonyl (C=O) groups is 1. The molecular formula is C13H16ClNO2. The lowest BCUT2D eigenvalue weighted by Gasteiger charge is -2.38. The van der Waals surface area contributed by atoms with Gasteiger partial charge in [0.25, 0.3) is 0 Å². The average molecular weight is 254 g/mol. The Morgan fingerprint density at radius 3 is 2.82 bits per heavy atom. The summed E-state index contributed by atoms with van der Waals surface area (Å²) in [7, 11) is 1.74. The maximum Gasteiger partial charge on any atom is 0.157 e. The summed E-state index contributed by atoms with van der Waals surface area (Å²) in [6, 6.07) is 7.30. The normalized spacial score (nSPS) is 29.4. The molecule has 0 saturated heterocycles. The molecule has 2 N–H and O–H groups in total. The topological polar surface area (TPSA) is 49.3 Å². The first-order valence-corrected chi connectivity index (χ1v) is 6.13. The molecule has 4 heteroatoms. The third-order valence-corrected chi connectivity index (χ3v) is 3.81. The molecule has 0 heterocycles. The maximum atomic E-state index is 12.2. The SMILES string of the molecule is CN[C@]1(c2ccccc2Cl)C[C@H](O)CCC1=O. The highest BCUT2D eigenvalue weighted by atomic mass is 35.5. The van der Waals surface area contributed by atoms with Crippen molar-refractivity contribution in [1.29, 1.82) is 0 Å². The number of aliphatic hydroxyl groups excluding tert-OH is 1. The molecule has 0 spiro atoms. The van der Waals surface area contributed by atoms with Crippen LogP contribution in [-0.2, 0) is 10.3 Å². The van der Waals surface area contributed by atoms with Gasteiger partial charge in [0, 0.05) is 17.9 Å². The molecule has 92 valence electrons. The molecular weight excluding hydrogens is 238 g/mol. The predicted octanol–water partition coefficient (Wildman–Crippen LogP) is 1.87. The molecule has 1 aromatic rings. The molecule has 0 radical (unpaired) electrons. The minimum Gasteiger partial charge on any atom is -0.393 e. The van der Waals surface area contributed by atoms with E-state index in [1.54, 1.807) is 13.1 Å². The summed E-state index contributed by atoms with van der Waals surface area (Å²) in [5.41, 5.74) is -0.0800. The van der Waals surface area contributed by atoms with Gasteiger partial charge in [0.05, 0.1) is 6.10 Å². The van der Waals surface area contributed by atoms with Gasteiger partial charge in [0.1, 0.15) is 5.54 Å². The molecule has 1 fully saturated rings. The van der Waals surface area contributed by atoms with E-state index in [9.17, 15) is 9.90 Å². The molecule has 17 heavy (non-hydrogen) atoms. The first-order chi connectivity index (χ1) is 8.10. The first kappa shape index (κ1) is 12.6. The van der Waals surface area contributed by atoms with Crippen LogP contribution in [0.2, 0.25) is 5.02 Å². The standard InChI is InChI=1S/C13H16ClNO2/c1-15-13(8-9(16)6-7-12(13)17)10-4-2-3-5-11(10)14/h2-5,9,15-16H,6-8H2,1H3/t9-,13+/m1/s1. The number of Topliss-reactive ketones (excluding diaryl/α,β-unsaturated/α-hetero) is 1. The molecule has 0 aromatic heterocycles. The quantitative estimate of drug-likeness (QED) is 0.846. The predicted molar refractivity (Wildman–Crippen MR) is 67.1 cm³/mol. The molecule has 3 nitrogen and oxygen atoms in total. The van der Waals surface area contributed by atoms with E-state index >= 15 is 0 Å². The Bertz CT molecular complexity index is 435. The molecule has 0 unspecified atom stereocenters. The summed E-state index contributed by atoms with van der Waals surface area (Å²) in [5, 5.41) is 13.4. The first-order valence-electron chi connectivity index (χ1n) is 5.75. The zero-order chi connectivity index (χ0) is 12.5. The van der Waals surface area contributed by atoms with E-state index in [0.717, 1.165) is 5.56 Å². The number of halogens is 1. The molecule has 2 rings (SSSR count). The van der Waals surface area contributed by atoms with E-state index in [4.69, 9.17) is 11.6 Å². The third kappa shape index (κ3) is 2.10. The van der Waals surface area contributed by atoms with E-state index in [-0.39, 0.29) is 5.78 Å². The maximum absolute atomic E-state index is 12.2. The van der Waals surface area contributed by atoms with Crippen LogP contribution in [0.25, 0.3) is 0 Å². The zero-order valence-electron chi connectivity index (χ0n) is 9.74. The fraction of sp³-hybridized carbons (Fsp3) is 0.462. The highest BCUT2D eigenvalue weighted by molar-refractivity contribution is 6.31. The molecule has 1 aromatic carbocycles. The summed E-state index contributed by atoms with van der Waals surface area (Å²) in [6.07, 6.45) is 0.836. The molecule has 1 aliphatic rings. The van der Waals surface area contributed by atoms with Crippen molar-refractivity contribution >= 4 is 17.4 Å². The van der Waals surface area contributed by atoms with Crippen molar-refractivity contribution in [2.24, 2.45) is 0 Å². The third-order valence-electron chi connectivity index (χ3n) is 3.48. The molecule has 0 aliphatic heterocycles. The van der Waals surface area contributed by atoms with Crippen molar-refractivity contribution < 1.29 is 9.90 Å². The molecule has 0 amide bonds. The second kappa shape index (κ2) is 4.77. The minimum absolute atomic E-state index is 0.0957. The van der Waals surface area contributed by atoms with Gasteiger partial charge in [0.15, 0.2) is 5.78 Å². The summed E-state index contributed by atoms with van der Waals surface area (Å²) in [4.78, 5) is 12.2. The smallest absolute Gasteiger partial charge is 0.157 e. The second-order valence-electron chi connectivity index (χ2n) is 4.45. The summed E-state index contributed by atoms with van der Waals surface area (Å²) in [6.45, 7) is 0. The molecule has 0 bridgehead atoms. The van der Waals surface area contributed by atoms with Crippen LogP contribution >= 0.6 is 11.6 Å². The van der Waals surface area contributed by atoms with Crippen molar-refractivity contribution in [3.63, 3.8) is 0 Å². The Hall–Kier alpha value is -0.900. The number of hydrogen-bond acceptors (Lipinski definition) is 3. The van der Waals surface area contributed by atoms with E-state index in [1.165, 1.54) is 0 Å². The van der Waals surface area contributed by atoms with Crippen molar-refractivity contribution in [1.82, 2.24) is 5.32 Å². The summed E-state index contributed by atoms with van der Waals surface area (Å²) in [5.74, 6) is 0.0957. The highest BCUT2D eigenvalue weighted by Gasteiger charge is 2.44. The number of carbonyl (C=O) groups excluding carboxylic acids is 1. The Morgan fingerprint density at radius 2 is 2.18 bits per heavy atom. The largest absolute Gasteiger partial charge is 0.393 e. The Balaban J connectivity index is 2.49. The number of nitrogens with one attached hydrogen (secondary N) is 1. The number of ketones is 1. The van der Waals surface area contributed by atoms with Gasteiger partial charge in [-0.25, -0.2) is 0 Å².